The van der Waals surface area contributed by atoms with Crippen LogP contribution < -0.4 is 5.32 Å². The van der Waals surface area contributed by atoms with Crippen LogP contribution in [0.2, 0.25) is 0 Å². The van der Waals surface area contributed by atoms with Crippen LogP contribution in [0.4, 0.5) is 0 Å². The Balaban J connectivity index is 3.88. The number of likely N-dealkylation sites (N-methyl/N-ethyl adjacent to an activating group) is 1. The summed E-state index contributed by atoms with van der Waals surface area (Å²) in [7, 11) is 1.63. The van der Waals surface area contributed by atoms with E-state index in [0.717, 1.165) is 38.5 Å². The maximum absolute atomic E-state index is 13.0. The van der Waals surface area contributed by atoms with Gasteiger partial charge in [0.05, 0.1) is 39.9 Å². The highest BCUT2D eigenvalue weighted by molar-refractivity contribution is 7.47. The van der Waals surface area contributed by atoms with E-state index < -0.39 is 20.0 Å². The number of aliphatic hydroxyl groups excluding tert-OH is 1. The molecule has 0 fully saturated rings. The Kier molecular flexibility index (Phi) is 51.5. The number of carbonyl (C=O) groups is 1. The first kappa shape index (κ1) is 68.2. The van der Waals surface area contributed by atoms with Crippen molar-refractivity contribution in [2.45, 2.75) is 328 Å². The largest absolute Gasteiger partial charge is 0.472 e. The molecule has 0 radical (unpaired) electrons. The van der Waals surface area contributed by atoms with Gasteiger partial charge in [-0.25, -0.2) is 4.57 Å². The normalized spacial score (nSPS) is 13.9. The molecular weight excluding hydrogens is 876 g/mol. The Hall–Kier alpha value is -0.760. The third-order valence-electron chi connectivity index (χ3n) is 14.3. The van der Waals surface area contributed by atoms with Crippen molar-refractivity contribution in [3.05, 3.63) is 12.2 Å². The Morgan fingerprint density at radius 1 is 0.478 bits per heavy atom. The smallest absolute Gasteiger partial charge is 0.391 e. The van der Waals surface area contributed by atoms with Crippen molar-refractivity contribution >= 4 is 13.7 Å². The molecule has 0 aromatic rings. The van der Waals surface area contributed by atoms with E-state index in [0.29, 0.717) is 23.9 Å². The van der Waals surface area contributed by atoms with Gasteiger partial charge in [-0.15, -0.1) is 0 Å². The Morgan fingerprint density at radius 3 is 1.12 bits per heavy atom. The number of amides is 1. The van der Waals surface area contributed by atoms with Crippen LogP contribution >= 0.6 is 7.82 Å². The number of phosphoric acid groups is 1. The molecule has 3 N–H and O–H groups in total. The number of nitrogens with zero attached hydrogens (tertiary/aromatic N) is 1. The molecule has 1 amide bonds. The number of hydrogen-bond donors (Lipinski definition) is 3. The molecule has 0 saturated heterocycles. The number of quaternary nitrogens is 1. The molecule has 412 valence electrons. The number of carbonyl (C=O) groups excluding carboxylic acids is 1. The number of hydrogen-bond acceptors (Lipinski definition) is 5. The topological polar surface area (TPSA) is 105 Å². The van der Waals surface area contributed by atoms with Crippen LogP contribution in [-0.2, 0) is 18.4 Å². The van der Waals surface area contributed by atoms with Crippen LogP contribution in [-0.4, -0.2) is 73.4 Å². The first-order valence-corrected chi connectivity index (χ1v) is 32.0. The summed E-state index contributed by atoms with van der Waals surface area (Å²) in [6, 6.07) is -0.756. The minimum absolute atomic E-state index is 0.0776. The van der Waals surface area contributed by atoms with Gasteiger partial charge in [-0.1, -0.05) is 283 Å². The van der Waals surface area contributed by atoms with Crippen LogP contribution in [0.15, 0.2) is 12.2 Å². The number of phosphoric ester groups is 1. The first-order chi connectivity index (χ1) is 33.5. The molecule has 0 aliphatic rings. The molecule has 0 rings (SSSR count). The lowest BCUT2D eigenvalue weighted by molar-refractivity contribution is -0.870. The minimum atomic E-state index is -4.31. The average Bonchev–Trinajstić information content (AvgIpc) is 3.31. The quantitative estimate of drug-likeness (QED) is 0.0243. The van der Waals surface area contributed by atoms with Gasteiger partial charge < -0.3 is 19.8 Å². The van der Waals surface area contributed by atoms with Crippen molar-refractivity contribution in [1.29, 1.82) is 0 Å². The van der Waals surface area contributed by atoms with Crippen LogP contribution in [0.25, 0.3) is 0 Å². The first-order valence-electron chi connectivity index (χ1n) is 30.6. The van der Waals surface area contributed by atoms with Crippen molar-refractivity contribution in [2.24, 2.45) is 0 Å². The second-order valence-corrected chi connectivity index (χ2v) is 23.9. The summed E-state index contributed by atoms with van der Waals surface area (Å²) in [5, 5.41) is 14.0. The predicted molar refractivity (Wildman–Crippen MR) is 300 cm³/mol. The molecule has 3 unspecified atom stereocenters. The lowest BCUT2D eigenvalue weighted by Gasteiger charge is -2.26. The van der Waals surface area contributed by atoms with E-state index in [2.05, 4.69) is 31.3 Å². The number of nitrogens with one attached hydrogen (secondary N) is 1. The monoisotopic (exact) mass is 998 g/mol. The lowest BCUT2D eigenvalue weighted by Crippen LogP contribution is -2.46. The zero-order chi connectivity index (χ0) is 50.6. The SMILES string of the molecule is CCCCCCCCCCCCCCCC/C=C\CCCCCCCCCCCCCCCCCCCC(=O)NC(COP(=O)(O)OCC[N+](C)(C)C)C(O)CCCCCCCCCCCCCC. The Bertz CT molecular complexity index is 1130. The van der Waals surface area contributed by atoms with Crippen molar-refractivity contribution in [2.75, 3.05) is 40.9 Å². The standard InChI is InChI=1S/C60H121N2O6P/c1-6-8-10-12-14-16-18-20-21-22-23-24-25-26-27-28-29-30-31-32-33-34-35-36-37-38-39-40-41-42-44-46-48-50-52-54-60(64)61-58(57-68-69(65,66)67-56-55-62(3,4)5)59(63)53-51-49-47-45-43-19-17-15-13-11-9-7-2/h28-29,58-59,63H,6-27,30-57H2,1-5H3,(H-,61,64,65,66)/p+1/b29-28-. The maximum atomic E-state index is 13.0. The maximum Gasteiger partial charge on any atom is 0.472 e. The summed E-state index contributed by atoms with van der Waals surface area (Å²) >= 11 is 0. The van der Waals surface area contributed by atoms with Crippen LogP contribution in [0, 0.1) is 0 Å². The van der Waals surface area contributed by atoms with Crippen LogP contribution in [0.5, 0.6) is 0 Å². The average molecular weight is 999 g/mol. The highest BCUT2D eigenvalue weighted by atomic mass is 31.2. The van der Waals surface area contributed by atoms with E-state index in [1.807, 2.05) is 21.1 Å². The fraction of sp³-hybridized carbons (Fsp3) is 0.950. The molecule has 0 saturated carbocycles. The van der Waals surface area contributed by atoms with Gasteiger partial charge in [0.25, 0.3) is 0 Å². The summed E-state index contributed by atoms with van der Waals surface area (Å²) in [6.07, 6.45) is 64.4. The van der Waals surface area contributed by atoms with Gasteiger partial charge in [0, 0.05) is 6.42 Å². The predicted octanol–water partition coefficient (Wildman–Crippen LogP) is 18.6. The number of aliphatic hydroxyl groups is 1. The molecular formula is C60H122N2O6P+. The number of rotatable bonds is 57. The van der Waals surface area contributed by atoms with Crippen molar-refractivity contribution < 1.29 is 32.9 Å². The van der Waals surface area contributed by atoms with E-state index in [9.17, 15) is 19.4 Å². The van der Waals surface area contributed by atoms with E-state index >= 15 is 0 Å². The molecule has 0 aliphatic carbocycles. The highest BCUT2D eigenvalue weighted by Gasteiger charge is 2.28. The van der Waals surface area contributed by atoms with Crippen molar-refractivity contribution in [3.63, 3.8) is 0 Å². The van der Waals surface area contributed by atoms with Gasteiger partial charge in [-0.2, -0.15) is 0 Å². The van der Waals surface area contributed by atoms with Gasteiger partial charge >= 0.3 is 7.82 Å². The van der Waals surface area contributed by atoms with E-state index in [4.69, 9.17) is 9.05 Å². The molecule has 3 atom stereocenters. The number of allylic oxidation sites excluding steroid dienone is 2. The van der Waals surface area contributed by atoms with Crippen molar-refractivity contribution in [3.8, 4) is 0 Å². The summed E-state index contributed by atoms with van der Waals surface area (Å²) in [4.78, 5) is 23.3. The zero-order valence-electron chi connectivity index (χ0n) is 47.1. The highest BCUT2D eigenvalue weighted by Crippen LogP contribution is 2.43. The molecule has 8 nitrogen and oxygen atoms in total. The molecule has 69 heavy (non-hydrogen) atoms. The Morgan fingerprint density at radius 2 is 0.783 bits per heavy atom. The van der Waals surface area contributed by atoms with Gasteiger partial charge in [-0.3, -0.25) is 13.8 Å². The van der Waals surface area contributed by atoms with Gasteiger partial charge in [0.2, 0.25) is 5.91 Å². The second-order valence-electron chi connectivity index (χ2n) is 22.4. The molecule has 0 heterocycles. The van der Waals surface area contributed by atoms with Crippen LogP contribution in [0.3, 0.4) is 0 Å². The fourth-order valence-electron chi connectivity index (χ4n) is 9.46. The molecule has 0 aromatic carbocycles. The molecule has 0 spiro atoms. The fourth-order valence-corrected chi connectivity index (χ4v) is 10.2. The molecule has 0 bridgehead atoms. The third kappa shape index (κ3) is 54.8. The van der Waals surface area contributed by atoms with E-state index in [1.54, 1.807) is 0 Å². The summed E-state index contributed by atoms with van der Waals surface area (Å²) in [6.45, 7) is 4.92. The van der Waals surface area contributed by atoms with Gasteiger partial charge in [-0.05, 0) is 38.5 Å². The summed E-state index contributed by atoms with van der Waals surface area (Å²) in [5.41, 5.74) is 0. The van der Waals surface area contributed by atoms with Crippen LogP contribution in [0.1, 0.15) is 316 Å². The van der Waals surface area contributed by atoms with Gasteiger partial charge in [0.15, 0.2) is 0 Å². The molecule has 9 heteroatoms. The van der Waals surface area contributed by atoms with Crippen molar-refractivity contribution in [1.82, 2.24) is 5.32 Å². The summed E-state index contributed by atoms with van der Waals surface area (Å²) < 4.78 is 23.7. The minimum Gasteiger partial charge on any atom is -0.391 e. The third-order valence-corrected chi connectivity index (χ3v) is 15.2. The summed E-state index contributed by atoms with van der Waals surface area (Å²) in [5.74, 6) is -0.139. The second kappa shape index (κ2) is 52.1. The zero-order valence-corrected chi connectivity index (χ0v) is 48.0. The van der Waals surface area contributed by atoms with E-state index in [1.165, 1.54) is 250 Å². The number of unbranched alkanes of at least 4 members (excludes halogenated alkanes) is 42. The lowest BCUT2D eigenvalue weighted by atomic mass is 10.0. The molecule has 0 aromatic heterocycles. The molecule has 0 aliphatic heterocycles. The Labute approximate surface area is 431 Å². The van der Waals surface area contributed by atoms with E-state index in [-0.39, 0.29) is 19.1 Å². The van der Waals surface area contributed by atoms with Gasteiger partial charge in [0.1, 0.15) is 13.2 Å².